The van der Waals surface area contributed by atoms with E-state index in [1.807, 2.05) is 41.3 Å². The molecule has 2 aliphatic heterocycles. The molecule has 11 heteroatoms. The van der Waals surface area contributed by atoms with Crippen LogP contribution >= 0.6 is 0 Å². The summed E-state index contributed by atoms with van der Waals surface area (Å²) in [7, 11) is 0. The maximum Gasteiger partial charge on any atom is 0.490 e. The van der Waals surface area contributed by atoms with E-state index in [0.717, 1.165) is 70.0 Å². The molecule has 8 nitrogen and oxygen atoms in total. The third-order valence-corrected chi connectivity index (χ3v) is 5.89. The van der Waals surface area contributed by atoms with Gasteiger partial charge in [0.05, 0.1) is 13.2 Å². The Bertz CT molecular complexity index is 1050. The molecule has 1 amide bonds. The third-order valence-electron chi connectivity index (χ3n) is 5.89. The van der Waals surface area contributed by atoms with E-state index in [-0.39, 0.29) is 17.0 Å². The largest absolute Gasteiger partial charge is 0.490 e. The van der Waals surface area contributed by atoms with Gasteiger partial charge < -0.3 is 19.7 Å². The van der Waals surface area contributed by atoms with Crippen LogP contribution in [0, 0.1) is 5.92 Å². The van der Waals surface area contributed by atoms with Crippen molar-refractivity contribution >= 4 is 11.9 Å². The quantitative estimate of drug-likeness (QED) is 0.676. The predicted molar refractivity (Wildman–Crippen MR) is 122 cm³/mol. The van der Waals surface area contributed by atoms with Gasteiger partial charge in [0.25, 0.3) is 11.5 Å². The highest BCUT2D eigenvalue weighted by atomic mass is 19.4. The minimum absolute atomic E-state index is 0.160. The average molecular weight is 495 g/mol. The molecular formula is C24H28F3N3O5. The number of halogens is 3. The summed E-state index contributed by atoms with van der Waals surface area (Å²) >= 11 is 0. The van der Waals surface area contributed by atoms with Gasteiger partial charge >= 0.3 is 12.1 Å². The number of piperidine rings is 1. The number of aromatic nitrogens is 1. The van der Waals surface area contributed by atoms with E-state index >= 15 is 0 Å². The maximum atomic E-state index is 13.0. The van der Waals surface area contributed by atoms with Crippen LogP contribution in [0.2, 0.25) is 0 Å². The highest BCUT2D eigenvalue weighted by molar-refractivity contribution is 5.94. The first-order valence-corrected chi connectivity index (χ1v) is 11.3. The van der Waals surface area contributed by atoms with Crippen molar-refractivity contribution in [3.8, 4) is 11.3 Å². The van der Waals surface area contributed by atoms with Gasteiger partial charge in [-0.1, -0.05) is 30.3 Å². The fraction of sp³-hybridized carbons (Fsp3) is 0.458. The van der Waals surface area contributed by atoms with Crippen molar-refractivity contribution in [2.24, 2.45) is 5.92 Å². The molecule has 0 radical (unpaired) electrons. The summed E-state index contributed by atoms with van der Waals surface area (Å²) in [6.07, 6.45) is -2.97. The van der Waals surface area contributed by atoms with E-state index in [2.05, 4.69) is 9.88 Å². The van der Waals surface area contributed by atoms with Crippen LogP contribution in [0.1, 0.15) is 23.2 Å². The number of morpholine rings is 1. The molecule has 1 aromatic carbocycles. The smallest absolute Gasteiger partial charge is 0.475 e. The number of H-pyrrole nitrogens is 1. The summed E-state index contributed by atoms with van der Waals surface area (Å²) in [5.41, 5.74) is 1.57. The van der Waals surface area contributed by atoms with Crippen LogP contribution in [0.4, 0.5) is 13.2 Å². The molecular weight excluding hydrogens is 467 g/mol. The first-order chi connectivity index (χ1) is 16.6. The number of ether oxygens (including phenoxy) is 1. The van der Waals surface area contributed by atoms with Crippen molar-refractivity contribution in [1.29, 1.82) is 0 Å². The Morgan fingerprint density at radius 2 is 1.71 bits per heavy atom. The van der Waals surface area contributed by atoms with E-state index in [4.69, 9.17) is 14.6 Å². The fourth-order valence-electron chi connectivity index (χ4n) is 4.15. The van der Waals surface area contributed by atoms with Gasteiger partial charge in [-0.15, -0.1) is 0 Å². The van der Waals surface area contributed by atoms with Gasteiger partial charge in [-0.3, -0.25) is 14.5 Å². The Hall–Kier alpha value is -3.18. The molecule has 0 bridgehead atoms. The number of alkyl halides is 3. The molecule has 1 aromatic heterocycles. The van der Waals surface area contributed by atoms with Crippen LogP contribution in [0.3, 0.4) is 0 Å². The van der Waals surface area contributed by atoms with E-state index in [1.54, 1.807) is 6.07 Å². The Balaban J connectivity index is 0.000000429. The number of amides is 1. The zero-order valence-corrected chi connectivity index (χ0v) is 19.1. The topological polar surface area (TPSA) is 103 Å². The lowest BCUT2D eigenvalue weighted by Crippen LogP contribution is -2.46. The highest BCUT2D eigenvalue weighted by Crippen LogP contribution is 2.20. The molecule has 2 saturated heterocycles. The number of hydrogen-bond acceptors (Lipinski definition) is 5. The molecule has 1 unspecified atom stereocenters. The zero-order chi connectivity index (χ0) is 25.4. The lowest BCUT2D eigenvalue weighted by Gasteiger charge is -2.36. The Morgan fingerprint density at radius 1 is 1.06 bits per heavy atom. The number of nitrogens with zero attached hydrogens (tertiary/aromatic N) is 2. The molecule has 2 N–H and O–H groups in total. The van der Waals surface area contributed by atoms with Crippen LogP contribution in [0.25, 0.3) is 11.3 Å². The molecule has 4 rings (SSSR count). The number of aliphatic carboxylic acids is 1. The second-order valence-corrected chi connectivity index (χ2v) is 8.46. The van der Waals surface area contributed by atoms with E-state index in [9.17, 15) is 22.8 Å². The van der Waals surface area contributed by atoms with Crippen molar-refractivity contribution in [3.05, 3.63) is 58.4 Å². The van der Waals surface area contributed by atoms with Gasteiger partial charge in [-0.05, 0) is 36.5 Å². The van der Waals surface area contributed by atoms with Gasteiger partial charge in [0.1, 0.15) is 5.56 Å². The van der Waals surface area contributed by atoms with E-state index < -0.39 is 12.1 Å². The summed E-state index contributed by atoms with van der Waals surface area (Å²) in [6, 6.07) is 13.1. The van der Waals surface area contributed by atoms with Crippen molar-refractivity contribution in [3.63, 3.8) is 0 Å². The van der Waals surface area contributed by atoms with E-state index in [1.165, 1.54) is 0 Å². The maximum absolute atomic E-state index is 13.0. The fourth-order valence-corrected chi connectivity index (χ4v) is 4.15. The SMILES string of the molecule is O=C(O)C(F)(F)F.O=C(c1ccc(-c2ccccc2)[nH]c1=O)N1CCCC(CN2CCOCC2)C1. The molecule has 1 atom stereocenters. The van der Waals surface area contributed by atoms with Crippen LogP contribution in [-0.2, 0) is 9.53 Å². The lowest BCUT2D eigenvalue weighted by molar-refractivity contribution is -0.192. The normalized spacial score (nSPS) is 18.9. The van der Waals surface area contributed by atoms with Gasteiger partial charge in [0, 0.05) is 38.4 Å². The molecule has 0 aliphatic carbocycles. The monoisotopic (exact) mass is 495 g/mol. The number of carbonyl (C=O) groups is 2. The van der Waals surface area contributed by atoms with Crippen LogP contribution < -0.4 is 5.56 Å². The van der Waals surface area contributed by atoms with Crippen LogP contribution in [0.15, 0.2) is 47.3 Å². The van der Waals surface area contributed by atoms with Gasteiger partial charge in [0.15, 0.2) is 0 Å². The summed E-state index contributed by atoms with van der Waals surface area (Å²) < 4.78 is 37.2. The second-order valence-electron chi connectivity index (χ2n) is 8.46. The number of pyridine rings is 1. The summed E-state index contributed by atoms with van der Waals surface area (Å²) in [5.74, 6) is -2.46. The number of carboxylic acid groups (broad SMARTS) is 1. The molecule has 0 spiro atoms. The first kappa shape index (κ1) is 26.4. The van der Waals surface area contributed by atoms with Crippen molar-refractivity contribution in [2.75, 3.05) is 45.9 Å². The molecule has 35 heavy (non-hydrogen) atoms. The van der Waals surface area contributed by atoms with Gasteiger partial charge in [-0.25, -0.2) is 4.79 Å². The zero-order valence-electron chi connectivity index (χ0n) is 19.1. The number of hydrogen-bond donors (Lipinski definition) is 2. The van der Waals surface area contributed by atoms with Crippen LogP contribution in [-0.4, -0.2) is 83.9 Å². The van der Waals surface area contributed by atoms with Gasteiger partial charge in [-0.2, -0.15) is 13.2 Å². The number of nitrogens with one attached hydrogen (secondary N) is 1. The number of aromatic amines is 1. The number of benzene rings is 1. The third kappa shape index (κ3) is 7.66. The molecule has 190 valence electrons. The van der Waals surface area contributed by atoms with Crippen molar-refractivity contribution < 1.29 is 32.6 Å². The van der Waals surface area contributed by atoms with Crippen molar-refractivity contribution in [1.82, 2.24) is 14.8 Å². The summed E-state index contributed by atoms with van der Waals surface area (Å²) in [4.78, 5) is 41.6. The minimum Gasteiger partial charge on any atom is -0.475 e. The molecule has 2 fully saturated rings. The van der Waals surface area contributed by atoms with Crippen LogP contribution in [0.5, 0.6) is 0 Å². The van der Waals surface area contributed by atoms with Gasteiger partial charge in [0.2, 0.25) is 0 Å². The van der Waals surface area contributed by atoms with Crippen molar-refractivity contribution in [2.45, 2.75) is 19.0 Å². The summed E-state index contributed by atoms with van der Waals surface area (Å²) in [6.45, 7) is 5.94. The summed E-state index contributed by atoms with van der Waals surface area (Å²) in [5, 5.41) is 7.12. The highest BCUT2D eigenvalue weighted by Gasteiger charge is 2.38. The Morgan fingerprint density at radius 3 is 2.31 bits per heavy atom. The number of carboxylic acids is 1. The minimum atomic E-state index is -5.08. The molecule has 2 aliphatic rings. The number of carbonyl (C=O) groups excluding carboxylic acids is 1. The Labute approximate surface area is 200 Å². The second kappa shape index (κ2) is 12.0. The average Bonchev–Trinajstić information content (AvgIpc) is 2.85. The Kier molecular flexibility index (Phi) is 9.05. The standard InChI is InChI=1S/C22H27N3O3.C2HF3O2/c26-21-19(8-9-20(23-21)18-6-2-1-3-7-18)22(27)25-10-4-5-17(16-25)15-24-11-13-28-14-12-24;3-2(4,5)1(6)7/h1-3,6-9,17H,4-5,10-16H2,(H,23,26);(H,6,7). The number of rotatable bonds is 4. The molecule has 0 saturated carbocycles. The van der Waals surface area contributed by atoms with E-state index in [0.29, 0.717) is 5.92 Å². The first-order valence-electron chi connectivity index (χ1n) is 11.3. The predicted octanol–water partition coefficient (Wildman–Crippen LogP) is 2.86. The molecule has 2 aromatic rings. The lowest BCUT2D eigenvalue weighted by atomic mass is 9.96. The number of likely N-dealkylation sites (tertiary alicyclic amines) is 1. The molecule has 3 heterocycles.